The van der Waals surface area contributed by atoms with Crippen molar-refractivity contribution in [1.29, 1.82) is 0 Å². The minimum absolute atomic E-state index is 0.141. The molecule has 44 heavy (non-hydrogen) atoms. The molecule has 234 valence electrons. The molecule has 2 aliphatic rings. The third-order valence-corrected chi connectivity index (χ3v) is 8.18. The maximum atomic E-state index is 13.2. The second-order valence-electron chi connectivity index (χ2n) is 12.6. The van der Waals surface area contributed by atoms with Gasteiger partial charge in [-0.1, -0.05) is 18.2 Å². The van der Waals surface area contributed by atoms with Crippen molar-refractivity contribution >= 4 is 28.8 Å². The molecule has 3 amide bonds. The van der Waals surface area contributed by atoms with Crippen molar-refractivity contribution in [2.24, 2.45) is 5.92 Å². The standard InChI is InChI=1S/C33H41N5O6/c1-21-17-23(26-7-5-6-8-28(26)34-21)20-43-25-11-9-22(10-12-25)30(39)35-29-19-38(18-27(29)31(40)36-42)24-13-15-37(16-14-24)32(41)44-33(2,3)4/h5-12,17,24,27,29,42H,13-16,18-20H2,1-4H3,(H,35,39)(H,36,40)/t27-,29+/m1/s1. The van der Waals surface area contributed by atoms with Crippen LogP contribution in [0.5, 0.6) is 5.75 Å². The molecule has 0 radical (unpaired) electrons. The second-order valence-corrected chi connectivity index (χ2v) is 12.6. The first-order valence-corrected chi connectivity index (χ1v) is 15.1. The average molecular weight is 604 g/mol. The number of amides is 3. The fraction of sp³-hybridized carbons (Fsp3) is 0.455. The Morgan fingerprint density at radius 1 is 1.02 bits per heavy atom. The van der Waals surface area contributed by atoms with E-state index in [0.29, 0.717) is 44.1 Å². The van der Waals surface area contributed by atoms with E-state index in [4.69, 9.17) is 9.47 Å². The topological polar surface area (TPSA) is 133 Å². The summed E-state index contributed by atoms with van der Waals surface area (Å²) >= 11 is 0. The van der Waals surface area contributed by atoms with Gasteiger partial charge in [-0.2, -0.15) is 0 Å². The van der Waals surface area contributed by atoms with Crippen molar-refractivity contribution in [3.63, 3.8) is 0 Å². The van der Waals surface area contributed by atoms with Gasteiger partial charge in [0.25, 0.3) is 5.91 Å². The van der Waals surface area contributed by atoms with E-state index < -0.39 is 23.5 Å². The molecule has 11 nitrogen and oxygen atoms in total. The highest BCUT2D eigenvalue weighted by Crippen LogP contribution is 2.27. The molecule has 2 aliphatic heterocycles. The first-order valence-electron chi connectivity index (χ1n) is 15.1. The van der Waals surface area contributed by atoms with Crippen LogP contribution in [0.15, 0.2) is 54.6 Å². The van der Waals surface area contributed by atoms with Crippen LogP contribution in [0.3, 0.4) is 0 Å². The number of piperidine rings is 1. The molecule has 0 unspecified atom stereocenters. The SMILES string of the molecule is Cc1cc(COc2ccc(C(=O)N[C@H]3CN(C4CCN(C(=O)OC(C)(C)C)CC4)C[C@H]3C(=O)NO)cc2)c2ccccc2n1. The number of carbonyl (C=O) groups is 3. The molecule has 0 aliphatic carbocycles. The van der Waals surface area contributed by atoms with E-state index in [1.54, 1.807) is 34.6 Å². The summed E-state index contributed by atoms with van der Waals surface area (Å²) in [6.45, 7) is 9.81. The third kappa shape index (κ3) is 7.46. The number of pyridine rings is 1. The Bertz CT molecular complexity index is 1500. The number of hydrogen-bond donors (Lipinski definition) is 3. The van der Waals surface area contributed by atoms with Crippen LogP contribution in [0.2, 0.25) is 0 Å². The maximum Gasteiger partial charge on any atom is 0.410 e. The number of aromatic nitrogens is 1. The summed E-state index contributed by atoms with van der Waals surface area (Å²) in [7, 11) is 0. The quantitative estimate of drug-likeness (QED) is 0.272. The second kappa shape index (κ2) is 13.2. The van der Waals surface area contributed by atoms with Gasteiger partial charge in [-0.05, 0) is 76.9 Å². The summed E-state index contributed by atoms with van der Waals surface area (Å²) in [6, 6.07) is 16.5. The van der Waals surface area contributed by atoms with Crippen molar-refractivity contribution in [3.05, 3.63) is 71.4 Å². The molecule has 3 heterocycles. The summed E-state index contributed by atoms with van der Waals surface area (Å²) in [5, 5.41) is 13.4. The number of hydroxylamine groups is 1. The first kappa shape index (κ1) is 31.2. The highest BCUT2D eigenvalue weighted by molar-refractivity contribution is 5.95. The number of fused-ring (bicyclic) bond motifs is 1. The lowest BCUT2D eigenvalue weighted by molar-refractivity contribution is -0.133. The molecular formula is C33H41N5O6. The van der Waals surface area contributed by atoms with Crippen LogP contribution in [0.1, 0.15) is 55.2 Å². The number of aryl methyl sites for hydroxylation is 1. The van der Waals surface area contributed by atoms with Gasteiger partial charge in [0.2, 0.25) is 5.91 Å². The Hall–Kier alpha value is -4.22. The lowest BCUT2D eigenvalue weighted by atomic mass is 10.0. The van der Waals surface area contributed by atoms with Gasteiger partial charge in [0.1, 0.15) is 18.0 Å². The summed E-state index contributed by atoms with van der Waals surface area (Å²) in [4.78, 5) is 46.7. The number of ether oxygens (including phenoxy) is 2. The van der Waals surface area contributed by atoms with Crippen LogP contribution in [-0.4, -0.2) is 81.8 Å². The lowest BCUT2D eigenvalue weighted by Gasteiger charge is -2.37. The number of hydrogen-bond acceptors (Lipinski definition) is 8. The maximum absolute atomic E-state index is 13.2. The van der Waals surface area contributed by atoms with Crippen molar-refractivity contribution in [2.45, 2.75) is 64.8 Å². The van der Waals surface area contributed by atoms with E-state index >= 15 is 0 Å². The van der Waals surface area contributed by atoms with E-state index in [2.05, 4.69) is 15.2 Å². The van der Waals surface area contributed by atoms with Gasteiger partial charge in [0, 0.05) is 54.4 Å². The number of carbonyl (C=O) groups excluding carboxylic acids is 3. The monoisotopic (exact) mass is 603 g/mol. The van der Waals surface area contributed by atoms with Crippen LogP contribution < -0.4 is 15.5 Å². The van der Waals surface area contributed by atoms with Gasteiger partial charge in [-0.15, -0.1) is 0 Å². The highest BCUT2D eigenvalue weighted by atomic mass is 16.6. The average Bonchev–Trinajstić information content (AvgIpc) is 3.42. The number of nitrogens with zero attached hydrogens (tertiary/aromatic N) is 3. The van der Waals surface area contributed by atoms with Gasteiger partial charge >= 0.3 is 6.09 Å². The Balaban J connectivity index is 1.17. The number of likely N-dealkylation sites (tertiary alicyclic amines) is 2. The largest absolute Gasteiger partial charge is 0.489 e. The smallest absolute Gasteiger partial charge is 0.410 e. The Labute approximate surface area is 257 Å². The molecule has 2 saturated heterocycles. The fourth-order valence-electron chi connectivity index (χ4n) is 6.00. The zero-order valence-electron chi connectivity index (χ0n) is 25.7. The molecule has 3 aromatic rings. The van der Waals surface area contributed by atoms with Gasteiger partial charge in [-0.3, -0.25) is 24.7 Å². The van der Waals surface area contributed by atoms with Gasteiger partial charge in [-0.25, -0.2) is 10.3 Å². The van der Waals surface area contributed by atoms with Gasteiger partial charge in [0.15, 0.2) is 0 Å². The zero-order valence-corrected chi connectivity index (χ0v) is 25.7. The summed E-state index contributed by atoms with van der Waals surface area (Å²) in [5.41, 5.74) is 4.51. The van der Waals surface area contributed by atoms with E-state index in [1.807, 2.05) is 58.0 Å². The van der Waals surface area contributed by atoms with Crippen LogP contribution >= 0.6 is 0 Å². The molecule has 0 spiro atoms. The molecular weight excluding hydrogens is 562 g/mol. The molecule has 2 atom stereocenters. The Kier molecular flexibility index (Phi) is 9.36. The van der Waals surface area contributed by atoms with Crippen molar-refractivity contribution in [1.82, 2.24) is 25.6 Å². The first-order chi connectivity index (χ1) is 21.0. The van der Waals surface area contributed by atoms with Crippen molar-refractivity contribution < 1.29 is 29.1 Å². The van der Waals surface area contributed by atoms with Crippen LogP contribution in [-0.2, 0) is 16.1 Å². The minimum atomic E-state index is -0.617. The zero-order chi connectivity index (χ0) is 31.4. The molecule has 0 bridgehead atoms. The highest BCUT2D eigenvalue weighted by Gasteiger charge is 2.42. The van der Waals surface area contributed by atoms with Crippen molar-refractivity contribution in [2.75, 3.05) is 26.2 Å². The van der Waals surface area contributed by atoms with E-state index in [-0.39, 0.29) is 18.0 Å². The predicted octanol–water partition coefficient (Wildman–Crippen LogP) is 4.06. The van der Waals surface area contributed by atoms with Gasteiger partial charge < -0.3 is 19.7 Å². The molecule has 5 rings (SSSR count). The van der Waals surface area contributed by atoms with E-state index in [1.165, 1.54) is 0 Å². The fourth-order valence-corrected chi connectivity index (χ4v) is 6.00. The molecule has 2 aromatic carbocycles. The van der Waals surface area contributed by atoms with Crippen LogP contribution in [0.25, 0.3) is 10.9 Å². The number of nitrogens with one attached hydrogen (secondary N) is 2. The van der Waals surface area contributed by atoms with E-state index in [0.717, 1.165) is 35.0 Å². The summed E-state index contributed by atoms with van der Waals surface area (Å²) in [5.74, 6) is -0.835. The molecule has 3 N–H and O–H groups in total. The number of para-hydroxylation sites is 1. The molecule has 0 saturated carbocycles. The number of benzene rings is 2. The van der Waals surface area contributed by atoms with Gasteiger partial charge in [0.05, 0.1) is 17.5 Å². The van der Waals surface area contributed by atoms with Crippen molar-refractivity contribution in [3.8, 4) is 5.75 Å². The molecule has 11 heteroatoms. The third-order valence-electron chi connectivity index (χ3n) is 8.18. The predicted molar refractivity (Wildman–Crippen MR) is 164 cm³/mol. The lowest BCUT2D eigenvalue weighted by Crippen LogP contribution is -2.48. The Morgan fingerprint density at radius 3 is 2.41 bits per heavy atom. The van der Waals surface area contributed by atoms with Crippen LogP contribution in [0.4, 0.5) is 4.79 Å². The minimum Gasteiger partial charge on any atom is -0.489 e. The molecule has 1 aromatic heterocycles. The number of rotatable bonds is 7. The van der Waals surface area contributed by atoms with E-state index in [9.17, 15) is 19.6 Å². The summed E-state index contributed by atoms with van der Waals surface area (Å²) < 4.78 is 11.5. The normalized spacial score (nSPS) is 19.5. The summed E-state index contributed by atoms with van der Waals surface area (Å²) in [6.07, 6.45) is 1.13. The Morgan fingerprint density at radius 2 is 1.73 bits per heavy atom. The molecule has 2 fully saturated rings. The van der Waals surface area contributed by atoms with Crippen LogP contribution in [0, 0.1) is 12.8 Å².